The lowest BCUT2D eigenvalue weighted by Crippen LogP contribution is -2.38. The Morgan fingerprint density at radius 3 is 2.56 bits per heavy atom. The quantitative estimate of drug-likeness (QED) is 0.563. The molecule has 1 amide bonds. The molecule has 0 aliphatic heterocycles. The summed E-state index contributed by atoms with van der Waals surface area (Å²) in [5.74, 6) is 0.846. The minimum atomic E-state index is -0.850. The molecule has 7 heteroatoms. The van der Waals surface area contributed by atoms with Gasteiger partial charge < -0.3 is 4.74 Å². The highest BCUT2D eigenvalue weighted by molar-refractivity contribution is 5.86. The maximum atomic E-state index is 11.8. The van der Waals surface area contributed by atoms with Gasteiger partial charge in [0.2, 0.25) is 0 Å². The van der Waals surface area contributed by atoms with E-state index >= 15 is 0 Å². The van der Waals surface area contributed by atoms with Crippen molar-refractivity contribution in [2.45, 2.75) is 26.2 Å². The van der Waals surface area contributed by atoms with E-state index in [0.717, 1.165) is 22.3 Å². The zero-order valence-electron chi connectivity index (χ0n) is 14.6. The van der Waals surface area contributed by atoms with Gasteiger partial charge >= 0.3 is 0 Å². The largest absolute Gasteiger partial charge is 0.456 e. The first-order valence-electron chi connectivity index (χ1n) is 7.86. The van der Waals surface area contributed by atoms with Crippen molar-refractivity contribution < 1.29 is 14.7 Å². The Balaban J connectivity index is 1.92. The second-order valence-corrected chi connectivity index (χ2v) is 6.41. The van der Waals surface area contributed by atoms with Crippen LogP contribution in [0.15, 0.2) is 36.5 Å². The SMILES string of the molecule is Cc1nn(C)c2nccc(Oc3ccc(C(C)(C)C(=O)NO)cc3)c12. The maximum absolute atomic E-state index is 11.8. The molecule has 0 fully saturated rings. The summed E-state index contributed by atoms with van der Waals surface area (Å²) in [7, 11) is 1.84. The molecule has 0 unspecified atom stereocenters. The predicted molar refractivity (Wildman–Crippen MR) is 92.7 cm³/mol. The summed E-state index contributed by atoms with van der Waals surface area (Å²) >= 11 is 0. The van der Waals surface area contributed by atoms with Gasteiger partial charge in [0.1, 0.15) is 11.5 Å². The number of ether oxygens (including phenoxy) is 1. The Morgan fingerprint density at radius 1 is 1.24 bits per heavy atom. The molecule has 2 N–H and O–H groups in total. The van der Waals surface area contributed by atoms with Gasteiger partial charge in [0.05, 0.1) is 16.5 Å². The fraction of sp³-hybridized carbons (Fsp3) is 0.278. The summed E-state index contributed by atoms with van der Waals surface area (Å²) < 4.78 is 7.72. The molecule has 130 valence electrons. The normalized spacial score (nSPS) is 11.6. The molecule has 0 bridgehead atoms. The van der Waals surface area contributed by atoms with Gasteiger partial charge in [-0.3, -0.25) is 14.7 Å². The lowest BCUT2D eigenvalue weighted by Gasteiger charge is -2.22. The van der Waals surface area contributed by atoms with E-state index in [4.69, 9.17) is 9.94 Å². The molecule has 0 spiro atoms. The molecule has 2 heterocycles. The Labute approximate surface area is 145 Å². The number of aromatic nitrogens is 3. The van der Waals surface area contributed by atoms with E-state index in [1.54, 1.807) is 60.5 Å². The standard InChI is InChI=1S/C18H20N4O3/c1-11-15-14(9-10-19-16(15)22(4)20-11)25-13-7-5-12(6-8-13)18(2,3)17(23)21-24/h5-10,24H,1-4H3,(H,21,23). The molecule has 0 saturated heterocycles. The number of rotatable bonds is 4. The molecular formula is C18H20N4O3. The van der Waals surface area contributed by atoms with Crippen LogP contribution in [-0.4, -0.2) is 25.9 Å². The van der Waals surface area contributed by atoms with E-state index in [9.17, 15) is 4.79 Å². The number of benzene rings is 1. The maximum Gasteiger partial charge on any atom is 0.253 e. The van der Waals surface area contributed by atoms with Crippen LogP contribution in [0.1, 0.15) is 25.1 Å². The fourth-order valence-electron chi connectivity index (χ4n) is 2.76. The van der Waals surface area contributed by atoms with Crippen LogP contribution in [0.2, 0.25) is 0 Å². The molecule has 7 nitrogen and oxygen atoms in total. The lowest BCUT2D eigenvalue weighted by atomic mass is 9.84. The van der Waals surface area contributed by atoms with E-state index in [-0.39, 0.29) is 0 Å². The minimum absolute atomic E-state index is 0.469. The van der Waals surface area contributed by atoms with E-state index in [1.165, 1.54) is 0 Å². The van der Waals surface area contributed by atoms with Crippen molar-refractivity contribution in [2.75, 3.05) is 0 Å². The summed E-state index contributed by atoms with van der Waals surface area (Å²) in [6.45, 7) is 5.38. The molecule has 0 saturated carbocycles. The van der Waals surface area contributed by atoms with Gasteiger partial charge in [0.15, 0.2) is 5.65 Å². The molecule has 25 heavy (non-hydrogen) atoms. The Hall–Kier alpha value is -2.93. The van der Waals surface area contributed by atoms with Crippen molar-refractivity contribution in [2.24, 2.45) is 7.05 Å². The number of nitrogens with one attached hydrogen (secondary N) is 1. The second-order valence-electron chi connectivity index (χ2n) is 6.41. The van der Waals surface area contributed by atoms with Crippen LogP contribution < -0.4 is 10.2 Å². The highest BCUT2D eigenvalue weighted by Crippen LogP contribution is 2.32. The smallest absolute Gasteiger partial charge is 0.253 e. The average molecular weight is 340 g/mol. The summed E-state index contributed by atoms with van der Waals surface area (Å²) in [5.41, 5.74) is 3.22. The number of hydrogen-bond donors (Lipinski definition) is 2. The number of carbonyl (C=O) groups is 1. The van der Waals surface area contributed by atoms with Crippen molar-refractivity contribution in [3.05, 3.63) is 47.8 Å². The molecule has 3 aromatic rings. The van der Waals surface area contributed by atoms with E-state index in [2.05, 4.69) is 10.1 Å². The average Bonchev–Trinajstić information content (AvgIpc) is 2.90. The monoisotopic (exact) mass is 340 g/mol. The summed E-state index contributed by atoms with van der Waals surface area (Å²) in [6, 6.07) is 8.99. The first kappa shape index (κ1) is 16.9. The van der Waals surface area contributed by atoms with Crippen LogP contribution >= 0.6 is 0 Å². The zero-order valence-corrected chi connectivity index (χ0v) is 14.6. The Bertz CT molecular complexity index is 929. The Kier molecular flexibility index (Phi) is 4.18. The van der Waals surface area contributed by atoms with Crippen LogP contribution in [0, 0.1) is 6.92 Å². The number of fused-ring (bicyclic) bond motifs is 1. The third kappa shape index (κ3) is 2.94. The van der Waals surface area contributed by atoms with Crippen LogP contribution in [0.3, 0.4) is 0 Å². The summed E-state index contributed by atoms with van der Waals surface area (Å²) in [6.07, 6.45) is 1.68. The highest BCUT2D eigenvalue weighted by Gasteiger charge is 2.29. The van der Waals surface area contributed by atoms with Gasteiger partial charge in [-0.2, -0.15) is 5.10 Å². The topological polar surface area (TPSA) is 89.3 Å². The van der Waals surface area contributed by atoms with E-state index in [1.807, 2.05) is 14.0 Å². The van der Waals surface area contributed by atoms with Crippen molar-refractivity contribution >= 4 is 16.9 Å². The summed E-state index contributed by atoms with van der Waals surface area (Å²) in [5, 5.41) is 14.1. The second kappa shape index (κ2) is 6.18. The number of hydrogen-bond acceptors (Lipinski definition) is 5. The van der Waals surface area contributed by atoms with Gasteiger partial charge in [-0.25, -0.2) is 10.5 Å². The zero-order chi connectivity index (χ0) is 18.2. The van der Waals surface area contributed by atoms with Gasteiger partial charge in [-0.1, -0.05) is 12.1 Å². The third-order valence-electron chi connectivity index (χ3n) is 4.33. The van der Waals surface area contributed by atoms with Crippen molar-refractivity contribution in [3.8, 4) is 11.5 Å². The van der Waals surface area contributed by atoms with Crippen molar-refractivity contribution in [3.63, 3.8) is 0 Å². The van der Waals surface area contributed by atoms with Crippen LogP contribution in [0.4, 0.5) is 0 Å². The van der Waals surface area contributed by atoms with Crippen LogP contribution in [0.5, 0.6) is 11.5 Å². The minimum Gasteiger partial charge on any atom is -0.456 e. The predicted octanol–water partition coefficient (Wildman–Crippen LogP) is 2.85. The molecule has 0 atom stereocenters. The number of amides is 1. The van der Waals surface area contributed by atoms with Crippen molar-refractivity contribution in [1.29, 1.82) is 0 Å². The molecule has 0 aliphatic rings. The van der Waals surface area contributed by atoms with Gasteiger partial charge in [0, 0.05) is 13.2 Å². The molecular weight excluding hydrogens is 320 g/mol. The van der Waals surface area contributed by atoms with Gasteiger partial charge in [-0.05, 0) is 44.5 Å². The first-order chi connectivity index (χ1) is 11.8. The third-order valence-corrected chi connectivity index (χ3v) is 4.33. The van der Waals surface area contributed by atoms with Crippen LogP contribution in [-0.2, 0) is 17.3 Å². The first-order valence-corrected chi connectivity index (χ1v) is 7.86. The molecule has 2 aromatic heterocycles. The fourth-order valence-corrected chi connectivity index (χ4v) is 2.76. The number of hydroxylamine groups is 1. The van der Waals surface area contributed by atoms with Crippen molar-refractivity contribution in [1.82, 2.24) is 20.2 Å². The van der Waals surface area contributed by atoms with E-state index in [0.29, 0.717) is 11.5 Å². The van der Waals surface area contributed by atoms with Gasteiger partial charge in [-0.15, -0.1) is 0 Å². The number of pyridine rings is 1. The van der Waals surface area contributed by atoms with Gasteiger partial charge in [0.25, 0.3) is 5.91 Å². The molecule has 3 rings (SSSR count). The number of nitrogens with zero attached hydrogens (tertiary/aromatic N) is 3. The van der Waals surface area contributed by atoms with E-state index < -0.39 is 11.3 Å². The highest BCUT2D eigenvalue weighted by atomic mass is 16.5. The lowest BCUT2D eigenvalue weighted by molar-refractivity contribution is -0.134. The molecule has 0 aliphatic carbocycles. The molecule has 1 aromatic carbocycles. The van der Waals surface area contributed by atoms with Crippen LogP contribution in [0.25, 0.3) is 11.0 Å². The number of carbonyl (C=O) groups excluding carboxylic acids is 1. The Morgan fingerprint density at radius 2 is 1.92 bits per heavy atom. The number of aryl methyl sites for hydroxylation is 2. The summed E-state index contributed by atoms with van der Waals surface area (Å²) in [4.78, 5) is 16.1. The molecule has 0 radical (unpaired) electrons.